The first kappa shape index (κ1) is 13.8. The van der Waals surface area contributed by atoms with Gasteiger partial charge in [0.2, 0.25) is 0 Å². The Morgan fingerprint density at radius 2 is 2.10 bits per heavy atom. The lowest BCUT2D eigenvalue weighted by Gasteiger charge is -2.15. The minimum absolute atomic E-state index is 0.177. The Hall–Kier alpha value is -2.16. The maximum Gasteiger partial charge on any atom is 0.142 e. The van der Waals surface area contributed by atoms with Crippen LogP contribution in [0, 0.1) is 6.92 Å². The number of para-hydroxylation sites is 2. The maximum absolute atomic E-state index is 5.98. The topological polar surface area (TPSA) is 30.5 Å². The zero-order valence-electron chi connectivity index (χ0n) is 12.6. The molecule has 1 atom stereocenters. The normalized spacial score (nSPS) is 16.2. The molecule has 0 spiro atoms. The van der Waals surface area contributed by atoms with E-state index in [0.29, 0.717) is 6.61 Å². The molecular weight excluding hydrogens is 262 g/mol. The Balaban J connectivity index is 1.62. The molecule has 0 radical (unpaired) electrons. The van der Waals surface area contributed by atoms with E-state index in [0.717, 1.165) is 30.2 Å². The van der Waals surface area contributed by atoms with E-state index in [1.807, 2.05) is 31.2 Å². The smallest absolute Gasteiger partial charge is 0.142 e. The Morgan fingerprint density at radius 1 is 1.24 bits per heavy atom. The number of nitrogens with one attached hydrogen (secondary N) is 1. The summed E-state index contributed by atoms with van der Waals surface area (Å²) < 4.78 is 11.6. The van der Waals surface area contributed by atoms with Crippen molar-refractivity contribution in [1.29, 1.82) is 0 Å². The Labute approximate surface area is 125 Å². The van der Waals surface area contributed by atoms with Gasteiger partial charge in [-0.25, -0.2) is 0 Å². The third kappa shape index (κ3) is 3.13. The molecule has 0 saturated heterocycles. The molecule has 0 aliphatic carbocycles. The highest BCUT2D eigenvalue weighted by molar-refractivity contribution is 5.56. The van der Waals surface area contributed by atoms with E-state index >= 15 is 0 Å². The van der Waals surface area contributed by atoms with Gasteiger partial charge in [0.05, 0.1) is 18.8 Å². The summed E-state index contributed by atoms with van der Waals surface area (Å²) in [6.45, 7) is 5.56. The molecule has 0 aromatic heterocycles. The molecular formula is C18H21NO2. The zero-order valence-corrected chi connectivity index (χ0v) is 12.6. The number of hydrogen-bond donors (Lipinski definition) is 1. The van der Waals surface area contributed by atoms with Crippen molar-refractivity contribution in [3.8, 4) is 11.5 Å². The summed E-state index contributed by atoms with van der Waals surface area (Å²) in [6, 6.07) is 14.4. The number of fused-ring (bicyclic) bond motifs is 1. The first-order valence-electron chi connectivity index (χ1n) is 7.48. The Kier molecular flexibility index (Phi) is 4.00. The van der Waals surface area contributed by atoms with Crippen molar-refractivity contribution in [3.05, 3.63) is 53.6 Å². The van der Waals surface area contributed by atoms with Gasteiger partial charge in [-0.1, -0.05) is 29.8 Å². The van der Waals surface area contributed by atoms with Crippen LogP contribution in [0.4, 0.5) is 5.69 Å². The summed E-state index contributed by atoms with van der Waals surface area (Å²) in [6.07, 6.45) is 1.14. The number of hydrogen-bond acceptors (Lipinski definition) is 3. The van der Waals surface area contributed by atoms with E-state index in [4.69, 9.17) is 9.47 Å². The number of benzene rings is 2. The zero-order chi connectivity index (χ0) is 14.7. The lowest BCUT2D eigenvalue weighted by atomic mass is 10.1. The molecule has 0 bridgehead atoms. The first-order chi connectivity index (χ1) is 10.3. The molecule has 1 unspecified atom stereocenters. The number of rotatable bonds is 5. The molecule has 1 aliphatic heterocycles. The number of aryl methyl sites for hydroxylation is 1. The van der Waals surface area contributed by atoms with Crippen molar-refractivity contribution < 1.29 is 9.47 Å². The fourth-order valence-electron chi connectivity index (χ4n) is 2.68. The molecule has 3 heteroatoms. The standard InChI is InChI=1S/C18H21NO2/c1-3-20-18-7-5-4-6-16(18)19-12-15-11-14-10-13(2)8-9-17(14)21-15/h4-10,15,19H,3,11-12H2,1-2H3. The van der Waals surface area contributed by atoms with Crippen molar-refractivity contribution in [2.75, 3.05) is 18.5 Å². The molecule has 1 aliphatic rings. The van der Waals surface area contributed by atoms with Gasteiger partial charge in [0.25, 0.3) is 0 Å². The van der Waals surface area contributed by atoms with Gasteiger partial charge in [-0.05, 0) is 37.6 Å². The number of ether oxygens (including phenoxy) is 2. The van der Waals surface area contributed by atoms with E-state index in [1.165, 1.54) is 11.1 Å². The van der Waals surface area contributed by atoms with Crippen molar-refractivity contribution >= 4 is 5.69 Å². The molecule has 1 N–H and O–H groups in total. The fraction of sp³-hybridized carbons (Fsp3) is 0.333. The SMILES string of the molecule is CCOc1ccccc1NCC1Cc2cc(C)ccc2O1. The number of anilines is 1. The lowest BCUT2D eigenvalue weighted by Crippen LogP contribution is -2.24. The van der Waals surface area contributed by atoms with E-state index in [9.17, 15) is 0 Å². The molecule has 3 nitrogen and oxygen atoms in total. The molecule has 2 aromatic carbocycles. The van der Waals surface area contributed by atoms with Crippen LogP contribution in [0.25, 0.3) is 0 Å². The van der Waals surface area contributed by atoms with Crippen LogP contribution in [0.5, 0.6) is 11.5 Å². The van der Waals surface area contributed by atoms with Gasteiger partial charge in [-0.2, -0.15) is 0 Å². The van der Waals surface area contributed by atoms with Crippen LogP contribution in [-0.2, 0) is 6.42 Å². The average molecular weight is 283 g/mol. The molecule has 2 aromatic rings. The van der Waals surface area contributed by atoms with Crippen LogP contribution in [-0.4, -0.2) is 19.3 Å². The summed E-state index contributed by atoms with van der Waals surface area (Å²) in [4.78, 5) is 0. The second-order valence-electron chi connectivity index (χ2n) is 5.37. The van der Waals surface area contributed by atoms with Crippen LogP contribution in [0.15, 0.2) is 42.5 Å². The summed E-state index contributed by atoms with van der Waals surface area (Å²) >= 11 is 0. The van der Waals surface area contributed by atoms with Gasteiger partial charge in [-0.15, -0.1) is 0 Å². The van der Waals surface area contributed by atoms with Crippen molar-refractivity contribution in [2.45, 2.75) is 26.4 Å². The molecule has 1 heterocycles. The van der Waals surface area contributed by atoms with Gasteiger partial charge in [0, 0.05) is 6.42 Å². The van der Waals surface area contributed by atoms with Crippen molar-refractivity contribution in [2.24, 2.45) is 0 Å². The Bertz CT molecular complexity index is 624. The third-order valence-electron chi connectivity index (χ3n) is 3.66. The van der Waals surface area contributed by atoms with Crippen molar-refractivity contribution in [3.63, 3.8) is 0 Å². The van der Waals surface area contributed by atoms with E-state index in [1.54, 1.807) is 0 Å². The predicted octanol–water partition coefficient (Wildman–Crippen LogP) is 3.81. The van der Waals surface area contributed by atoms with Crippen LogP contribution in [0.3, 0.4) is 0 Å². The highest BCUT2D eigenvalue weighted by Gasteiger charge is 2.22. The fourth-order valence-corrected chi connectivity index (χ4v) is 2.68. The highest BCUT2D eigenvalue weighted by Crippen LogP contribution is 2.30. The van der Waals surface area contributed by atoms with Gasteiger partial charge < -0.3 is 14.8 Å². The van der Waals surface area contributed by atoms with Crippen LogP contribution in [0.2, 0.25) is 0 Å². The molecule has 0 fully saturated rings. The molecule has 0 amide bonds. The van der Waals surface area contributed by atoms with E-state index < -0.39 is 0 Å². The first-order valence-corrected chi connectivity index (χ1v) is 7.48. The monoisotopic (exact) mass is 283 g/mol. The molecule has 21 heavy (non-hydrogen) atoms. The summed E-state index contributed by atoms with van der Waals surface area (Å²) in [7, 11) is 0. The molecule has 0 saturated carbocycles. The van der Waals surface area contributed by atoms with Gasteiger partial charge in [-0.3, -0.25) is 0 Å². The summed E-state index contributed by atoms with van der Waals surface area (Å²) in [5, 5.41) is 3.44. The van der Waals surface area contributed by atoms with Gasteiger partial charge >= 0.3 is 0 Å². The average Bonchev–Trinajstić information content (AvgIpc) is 2.88. The van der Waals surface area contributed by atoms with E-state index in [2.05, 4.69) is 30.4 Å². The lowest BCUT2D eigenvalue weighted by molar-refractivity contribution is 0.246. The molecule has 3 rings (SSSR count). The largest absolute Gasteiger partial charge is 0.492 e. The second-order valence-corrected chi connectivity index (χ2v) is 5.37. The van der Waals surface area contributed by atoms with Crippen LogP contribution < -0.4 is 14.8 Å². The minimum atomic E-state index is 0.177. The molecule has 110 valence electrons. The quantitative estimate of drug-likeness (QED) is 0.905. The highest BCUT2D eigenvalue weighted by atomic mass is 16.5. The van der Waals surface area contributed by atoms with Crippen LogP contribution in [0.1, 0.15) is 18.1 Å². The third-order valence-corrected chi connectivity index (χ3v) is 3.66. The maximum atomic E-state index is 5.98. The van der Waals surface area contributed by atoms with E-state index in [-0.39, 0.29) is 6.10 Å². The van der Waals surface area contributed by atoms with Gasteiger partial charge in [0.15, 0.2) is 0 Å². The van der Waals surface area contributed by atoms with Gasteiger partial charge in [0.1, 0.15) is 17.6 Å². The minimum Gasteiger partial charge on any atom is -0.492 e. The second kappa shape index (κ2) is 6.08. The summed E-state index contributed by atoms with van der Waals surface area (Å²) in [5.74, 6) is 1.91. The van der Waals surface area contributed by atoms with Crippen LogP contribution >= 0.6 is 0 Å². The van der Waals surface area contributed by atoms with Crippen molar-refractivity contribution in [1.82, 2.24) is 0 Å². The Morgan fingerprint density at radius 3 is 2.95 bits per heavy atom. The summed E-state index contributed by atoms with van der Waals surface area (Å²) in [5.41, 5.74) is 3.61. The predicted molar refractivity (Wildman–Crippen MR) is 85.4 cm³/mol.